The lowest BCUT2D eigenvalue weighted by Gasteiger charge is -2.13. The molecular formula is C16H15ClN2O2. The summed E-state index contributed by atoms with van der Waals surface area (Å²) < 4.78 is 5.14. The molecule has 0 aromatic heterocycles. The molecule has 0 saturated carbocycles. The monoisotopic (exact) mass is 302 g/mol. The van der Waals surface area contributed by atoms with Crippen LogP contribution in [0.15, 0.2) is 42.5 Å². The van der Waals surface area contributed by atoms with E-state index >= 15 is 0 Å². The number of rotatable bonds is 3. The van der Waals surface area contributed by atoms with Crippen LogP contribution in [-0.4, -0.2) is 19.1 Å². The first-order chi connectivity index (χ1) is 10.2. The van der Waals surface area contributed by atoms with E-state index in [0.717, 1.165) is 11.3 Å². The van der Waals surface area contributed by atoms with Gasteiger partial charge in [0.25, 0.3) is 0 Å². The normalized spacial score (nSPS) is 16.0. The summed E-state index contributed by atoms with van der Waals surface area (Å²) in [7, 11) is 1.54. The van der Waals surface area contributed by atoms with Crippen molar-refractivity contribution in [3.05, 3.63) is 53.1 Å². The van der Waals surface area contributed by atoms with E-state index in [1.165, 1.54) is 0 Å². The molecule has 2 aromatic carbocycles. The number of hydrogen-bond donors (Lipinski definition) is 2. The molecule has 4 nitrogen and oxygen atoms in total. The van der Waals surface area contributed by atoms with E-state index in [1.54, 1.807) is 25.3 Å². The Labute approximate surface area is 128 Å². The van der Waals surface area contributed by atoms with Crippen molar-refractivity contribution >= 4 is 28.9 Å². The molecule has 0 bridgehead atoms. The van der Waals surface area contributed by atoms with Crippen LogP contribution in [0.25, 0.3) is 0 Å². The van der Waals surface area contributed by atoms with Gasteiger partial charge in [0.1, 0.15) is 11.8 Å². The molecule has 21 heavy (non-hydrogen) atoms. The van der Waals surface area contributed by atoms with Crippen molar-refractivity contribution in [2.24, 2.45) is 0 Å². The van der Waals surface area contributed by atoms with Crippen LogP contribution in [-0.2, 0) is 11.2 Å². The van der Waals surface area contributed by atoms with Crippen molar-refractivity contribution in [1.82, 2.24) is 0 Å². The molecule has 1 amide bonds. The molecule has 108 valence electrons. The molecule has 1 heterocycles. The van der Waals surface area contributed by atoms with E-state index in [-0.39, 0.29) is 11.9 Å². The van der Waals surface area contributed by atoms with E-state index < -0.39 is 0 Å². The number of methoxy groups -OCH3 is 1. The molecule has 0 radical (unpaired) electrons. The third-order valence-corrected chi connectivity index (χ3v) is 3.82. The van der Waals surface area contributed by atoms with Gasteiger partial charge in [0, 0.05) is 23.9 Å². The fourth-order valence-corrected chi connectivity index (χ4v) is 2.62. The Bertz CT molecular complexity index is 663. The number of ether oxygens (including phenoxy) is 1. The first-order valence-electron chi connectivity index (χ1n) is 6.66. The van der Waals surface area contributed by atoms with Crippen molar-refractivity contribution in [2.75, 3.05) is 17.7 Å². The van der Waals surface area contributed by atoms with Crippen LogP contribution in [0, 0.1) is 0 Å². The number of amides is 1. The smallest absolute Gasteiger partial charge is 0.247 e. The second-order valence-electron chi connectivity index (χ2n) is 4.90. The summed E-state index contributed by atoms with van der Waals surface area (Å²) in [5, 5.41) is 6.62. The van der Waals surface area contributed by atoms with Crippen molar-refractivity contribution in [1.29, 1.82) is 0 Å². The Morgan fingerprint density at radius 3 is 2.90 bits per heavy atom. The summed E-state index contributed by atoms with van der Waals surface area (Å²) in [4.78, 5) is 12.3. The number of para-hydroxylation sites is 1. The molecule has 2 aromatic rings. The summed E-state index contributed by atoms with van der Waals surface area (Å²) in [5.74, 6) is 0.465. The van der Waals surface area contributed by atoms with Crippen LogP contribution in [0.5, 0.6) is 5.75 Å². The summed E-state index contributed by atoms with van der Waals surface area (Å²) >= 11 is 5.97. The molecule has 5 heteroatoms. The molecule has 0 aliphatic carbocycles. The third-order valence-electron chi connectivity index (χ3n) is 3.51. The van der Waals surface area contributed by atoms with Gasteiger partial charge in [-0.3, -0.25) is 4.79 Å². The molecule has 1 unspecified atom stereocenters. The fraction of sp³-hybridized carbons (Fsp3) is 0.188. The standard InChI is InChI=1S/C16H15ClN2O2/c1-21-15-9-11(6-7-12(15)17)18-16(20)14-8-10-4-2-3-5-13(10)19-14/h2-7,9,14,19H,8H2,1H3,(H,18,20). The maximum atomic E-state index is 12.3. The Balaban J connectivity index is 1.71. The van der Waals surface area contributed by atoms with Crippen molar-refractivity contribution in [2.45, 2.75) is 12.5 Å². The van der Waals surface area contributed by atoms with Gasteiger partial charge in [-0.1, -0.05) is 29.8 Å². The molecule has 1 aliphatic rings. The number of fused-ring (bicyclic) bond motifs is 1. The number of nitrogens with one attached hydrogen (secondary N) is 2. The summed E-state index contributed by atoms with van der Waals surface area (Å²) in [6.45, 7) is 0. The second kappa shape index (κ2) is 5.66. The van der Waals surface area contributed by atoms with Gasteiger partial charge < -0.3 is 15.4 Å². The highest BCUT2D eigenvalue weighted by Crippen LogP contribution is 2.29. The molecule has 0 fully saturated rings. The molecule has 1 aliphatic heterocycles. The minimum absolute atomic E-state index is 0.0735. The minimum atomic E-state index is -0.260. The van der Waals surface area contributed by atoms with E-state index in [2.05, 4.69) is 10.6 Å². The first-order valence-corrected chi connectivity index (χ1v) is 7.04. The van der Waals surface area contributed by atoms with Crippen molar-refractivity contribution in [3.63, 3.8) is 0 Å². The predicted octanol–water partition coefficient (Wildman–Crippen LogP) is 3.32. The number of carbonyl (C=O) groups excluding carboxylic acids is 1. The molecule has 0 saturated heterocycles. The van der Waals surface area contributed by atoms with E-state index in [0.29, 0.717) is 22.9 Å². The van der Waals surface area contributed by atoms with E-state index in [4.69, 9.17) is 16.3 Å². The topological polar surface area (TPSA) is 50.4 Å². The number of anilines is 2. The van der Waals surface area contributed by atoms with Crippen LogP contribution < -0.4 is 15.4 Å². The predicted molar refractivity (Wildman–Crippen MR) is 84.2 cm³/mol. The minimum Gasteiger partial charge on any atom is -0.495 e. The highest BCUT2D eigenvalue weighted by molar-refractivity contribution is 6.32. The number of benzene rings is 2. The molecule has 2 N–H and O–H groups in total. The van der Waals surface area contributed by atoms with Crippen LogP contribution in [0.2, 0.25) is 5.02 Å². The van der Waals surface area contributed by atoms with Crippen LogP contribution in [0.3, 0.4) is 0 Å². The van der Waals surface area contributed by atoms with Crippen LogP contribution in [0.4, 0.5) is 11.4 Å². The molecular weight excluding hydrogens is 288 g/mol. The first kappa shape index (κ1) is 13.8. The highest BCUT2D eigenvalue weighted by atomic mass is 35.5. The maximum Gasteiger partial charge on any atom is 0.247 e. The van der Waals surface area contributed by atoms with Gasteiger partial charge in [-0.05, 0) is 23.8 Å². The Morgan fingerprint density at radius 2 is 2.14 bits per heavy atom. The average molecular weight is 303 g/mol. The lowest BCUT2D eigenvalue weighted by molar-refractivity contribution is -0.116. The largest absolute Gasteiger partial charge is 0.495 e. The Hall–Kier alpha value is -2.20. The molecule has 1 atom stereocenters. The second-order valence-corrected chi connectivity index (χ2v) is 5.30. The quantitative estimate of drug-likeness (QED) is 0.914. The van der Waals surface area contributed by atoms with Gasteiger partial charge in [0.15, 0.2) is 0 Å². The van der Waals surface area contributed by atoms with Gasteiger partial charge >= 0.3 is 0 Å². The third kappa shape index (κ3) is 2.81. The van der Waals surface area contributed by atoms with E-state index in [1.807, 2.05) is 24.3 Å². The summed E-state index contributed by atoms with van der Waals surface area (Å²) in [6.07, 6.45) is 0.687. The van der Waals surface area contributed by atoms with Gasteiger partial charge in [-0.25, -0.2) is 0 Å². The lowest BCUT2D eigenvalue weighted by atomic mass is 10.1. The van der Waals surface area contributed by atoms with Crippen LogP contribution >= 0.6 is 11.6 Å². The fourth-order valence-electron chi connectivity index (χ4n) is 2.42. The number of carbonyl (C=O) groups is 1. The zero-order valence-corrected chi connectivity index (χ0v) is 12.3. The van der Waals surface area contributed by atoms with Crippen LogP contribution in [0.1, 0.15) is 5.56 Å². The van der Waals surface area contributed by atoms with Gasteiger partial charge in [0.05, 0.1) is 12.1 Å². The SMILES string of the molecule is COc1cc(NC(=O)C2Cc3ccccc3N2)ccc1Cl. The number of hydrogen-bond acceptors (Lipinski definition) is 3. The zero-order chi connectivity index (χ0) is 14.8. The zero-order valence-electron chi connectivity index (χ0n) is 11.5. The Kier molecular flexibility index (Phi) is 3.71. The highest BCUT2D eigenvalue weighted by Gasteiger charge is 2.26. The maximum absolute atomic E-state index is 12.3. The number of halogens is 1. The van der Waals surface area contributed by atoms with Gasteiger partial charge in [0.2, 0.25) is 5.91 Å². The summed E-state index contributed by atoms with van der Waals surface area (Å²) in [5.41, 5.74) is 2.84. The molecule has 3 rings (SSSR count). The lowest BCUT2D eigenvalue weighted by Crippen LogP contribution is -2.32. The molecule has 0 spiro atoms. The average Bonchev–Trinajstić information content (AvgIpc) is 2.93. The van der Waals surface area contributed by atoms with Gasteiger partial charge in [-0.15, -0.1) is 0 Å². The summed E-state index contributed by atoms with van der Waals surface area (Å²) in [6, 6.07) is 12.8. The van der Waals surface area contributed by atoms with Crippen molar-refractivity contribution in [3.8, 4) is 5.75 Å². The Morgan fingerprint density at radius 1 is 1.33 bits per heavy atom. The van der Waals surface area contributed by atoms with E-state index in [9.17, 15) is 4.79 Å². The van der Waals surface area contributed by atoms with Crippen molar-refractivity contribution < 1.29 is 9.53 Å². The van der Waals surface area contributed by atoms with Gasteiger partial charge in [-0.2, -0.15) is 0 Å².